The summed E-state index contributed by atoms with van der Waals surface area (Å²) < 4.78 is 62.9. The van der Waals surface area contributed by atoms with Crippen molar-refractivity contribution >= 4 is 24.1 Å². The Kier molecular flexibility index (Phi) is 11.2. The third-order valence-electron chi connectivity index (χ3n) is 7.24. The van der Waals surface area contributed by atoms with Gasteiger partial charge in [0.2, 0.25) is 0 Å². The first-order valence-corrected chi connectivity index (χ1v) is 14.0. The van der Waals surface area contributed by atoms with Crippen LogP contribution >= 0.6 is 0 Å². The summed E-state index contributed by atoms with van der Waals surface area (Å²) >= 11 is 0. The highest BCUT2D eigenvalue weighted by molar-refractivity contribution is 5.82. The molecule has 0 bridgehead atoms. The first-order chi connectivity index (χ1) is 21.0. The lowest BCUT2D eigenvalue weighted by atomic mass is 10.0. The van der Waals surface area contributed by atoms with Gasteiger partial charge in [-0.1, -0.05) is 18.2 Å². The van der Waals surface area contributed by atoms with Gasteiger partial charge in [-0.25, -0.2) is 36.7 Å². The van der Waals surface area contributed by atoms with Crippen molar-refractivity contribution < 1.29 is 56.4 Å². The molecule has 2 amide bonds. The molecule has 0 saturated carbocycles. The Morgan fingerprint density at radius 2 is 1.31 bits per heavy atom. The molecule has 2 aliphatic heterocycles. The van der Waals surface area contributed by atoms with Gasteiger partial charge < -0.3 is 19.7 Å². The Hall–Kier alpha value is -4.62. The number of nitrogens with zero attached hydrogens (tertiary/aromatic N) is 2. The zero-order valence-corrected chi connectivity index (χ0v) is 25.0. The Morgan fingerprint density at radius 3 is 1.76 bits per heavy atom. The molecule has 0 radical (unpaired) electrons. The largest absolute Gasteiger partial charge is 0.480 e. The Labute approximate surface area is 256 Å². The molecule has 2 fully saturated rings. The molecule has 2 aromatic carbocycles. The molecule has 0 unspecified atom stereocenters. The van der Waals surface area contributed by atoms with Crippen LogP contribution in [0.25, 0.3) is 0 Å². The molecule has 4 atom stereocenters. The van der Waals surface area contributed by atoms with Gasteiger partial charge in [0.25, 0.3) is 0 Å². The molecular weight excluding hydrogens is 604 g/mol. The number of hydrogen-bond acceptors (Lipinski definition) is 6. The van der Waals surface area contributed by atoms with E-state index in [9.17, 15) is 36.7 Å². The van der Waals surface area contributed by atoms with E-state index in [0.29, 0.717) is 18.4 Å². The van der Waals surface area contributed by atoms with Crippen LogP contribution in [0, 0.1) is 23.3 Å². The topological polar surface area (TPSA) is 134 Å². The maximum absolute atomic E-state index is 13.6. The number of carbonyl (C=O) groups is 4. The van der Waals surface area contributed by atoms with Crippen molar-refractivity contribution in [2.45, 2.75) is 76.2 Å². The number of ether oxygens (including phenoxy) is 2. The quantitative estimate of drug-likeness (QED) is 0.219. The normalized spacial score (nSPS) is 21.3. The summed E-state index contributed by atoms with van der Waals surface area (Å²) in [5.41, 5.74) is 0.0169. The summed E-state index contributed by atoms with van der Waals surface area (Å²) in [5.74, 6) is -5.81. The van der Waals surface area contributed by atoms with Crippen LogP contribution in [0.3, 0.4) is 0 Å². The van der Waals surface area contributed by atoms with E-state index in [1.807, 2.05) is 0 Å². The van der Waals surface area contributed by atoms with E-state index in [2.05, 4.69) is 4.74 Å². The standard InChI is InChI=1S/C19H23F2NO4.C12H11F2NO4/c1-19(2,3)26-18(24)22-13(7-10-17(23)25-4)6-9-16(22)12-5-8-14(20)15(21)11-12;13-7-2-1-6(5-8(7)14)9-3-4-10(11(16)17)15(9)12(18)19/h5,7-8,10-11,13,16H,6,9H2,1-4H3;1-2,5,9-10H,3-4H2,(H,16,17)(H,18,19)/b10-7+;/t13-,16+;9-,10+/m10/s1. The van der Waals surface area contributed by atoms with Crippen molar-refractivity contribution in [1.29, 1.82) is 0 Å². The second kappa shape index (κ2) is 14.4. The van der Waals surface area contributed by atoms with Crippen LogP contribution in [0.15, 0.2) is 48.6 Å². The summed E-state index contributed by atoms with van der Waals surface area (Å²) in [6.07, 6.45) is 2.32. The lowest BCUT2D eigenvalue weighted by molar-refractivity contribution is -0.142. The van der Waals surface area contributed by atoms with E-state index in [1.54, 1.807) is 26.8 Å². The van der Waals surface area contributed by atoms with Gasteiger partial charge in [-0.15, -0.1) is 0 Å². The van der Waals surface area contributed by atoms with Crippen LogP contribution in [0.4, 0.5) is 27.2 Å². The van der Waals surface area contributed by atoms with Crippen molar-refractivity contribution in [3.8, 4) is 0 Å². The van der Waals surface area contributed by atoms with Crippen LogP contribution in [-0.2, 0) is 19.1 Å². The number of carboxylic acid groups (broad SMARTS) is 2. The molecule has 0 aliphatic carbocycles. The van der Waals surface area contributed by atoms with Crippen molar-refractivity contribution in [1.82, 2.24) is 9.80 Å². The number of methoxy groups -OCH3 is 1. The van der Waals surface area contributed by atoms with E-state index < -0.39 is 77.2 Å². The van der Waals surface area contributed by atoms with Gasteiger partial charge in [-0.2, -0.15) is 0 Å². The maximum Gasteiger partial charge on any atom is 0.411 e. The minimum Gasteiger partial charge on any atom is -0.480 e. The number of hydrogen-bond donors (Lipinski definition) is 2. The average Bonchev–Trinajstić information content (AvgIpc) is 3.59. The monoisotopic (exact) mass is 638 g/mol. The van der Waals surface area contributed by atoms with Crippen molar-refractivity contribution in [3.05, 3.63) is 82.9 Å². The summed E-state index contributed by atoms with van der Waals surface area (Å²) in [4.78, 5) is 48.4. The van der Waals surface area contributed by atoms with E-state index >= 15 is 0 Å². The molecule has 4 rings (SSSR count). The van der Waals surface area contributed by atoms with Gasteiger partial charge in [0.15, 0.2) is 23.3 Å². The summed E-state index contributed by atoms with van der Waals surface area (Å²) in [5, 5.41) is 18.0. The molecule has 45 heavy (non-hydrogen) atoms. The zero-order valence-electron chi connectivity index (χ0n) is 25.0. The van der Waals surface area contributed by atoms with E-state index in [0.717, 1.165) is 29.2 Å². The van der Waals surface area contributed by atoms with Crippen molar-refractivity contribution in [2.24, 2.45) is 0 Å². The maximum atomic E-state index is 13.6. The Balaban J connectivity index is 0.000000257. The molecule has 2 N–H and O–H groups in total. The number of amides is 2. The molecule has 2 saturated heterocycles. The smallest absolute Gasteiger partial charge is 0.411 e. The van der Waals surface area contributed by atoms with Crippen LogP contribution < -0.4 is 0 Å². The van der Waals surface area contributed by atoms with Gasteiger partial charge in [-0.3, -0.25) is 9.80 Å². The molecule has 2 heterocycles. The minimum atomic E-state index is -1.39. The molecule has 244 valence electrons. The average molecular weight is 639 g/mol. The SMILES string of the molecule is COC(=O)/C=C/[C@H]1CC[C@@H](c2ccc(F)c(F)c2)N1C(=O)OC(C)(C)C.O=C(O)[C@H]1CC[C@@H](c2ccc(F)c(F)c2)N1C(=O)O. The molecule has 2 aliphatic rings. The summed E-state index contributed by atoms with van der Waals surface area (Å²) in [7, 11) is 1.26. The Bertz CT molecular complexity index is 1460. The number of rotatable bonds is 5. The molecule has 14 heteroatoms. The van der Waals surface area contributed by atoms with Gasteiger partial charge in [-0.05, 0) is 81.8 Å². The van der Waals surface area contributed by atoms with Crippen LogP contribution in [-0.4, -0.2) is 68.9 Å². The van der Waals surface area contributed by atoms with Crippen molar-refractivity contribution in [3.63, 3.8) is 0 Å². The van der Waals surface area contributed by atoms with Crippen LogP contribution in [0.1, 0.15) is 69.7 Å². The highest BCUT2D eigenvalue weighted by Gasteiger charge is 2.42. The third-order valence-corrected chi connectivity index (χ3v) is 7.24. The number of likely N-dealkylation sites (tertiary alicyclic amines) is 2. The van der Waals surface area contributed by atoms with Crippen LogP contribution in [0.2, 0.25) is 0 Å². The van der Waals surface area contributed by atoms with Gasteiger partial charge in [0, 0.05) is 6.08 Å². The summed E-state index contributed by atoms with van der Waals surface area (Å²) in [6, 6.07) is 3.83. The van der Waals surface area contributed by atoms with Gasteiger partial charge in [0.05, 0.1) is 25.2 Å². The zero-order chi connectivity index (χ0) is 33.6. The lowest BCUT2D eigenvalue weighted by Gasteiger charge is -2.32. The first kappa shape index (κ1) is 34.9. The Morgan fingerprint density at radius 1 is 0.800 bits per heavy atom. The first-order valence-electron chi connectivity index (χ1n) is 14.0. The van der Waals surface area contributed by atoms with E-state index in [4.69, 9.17) is 14.9 Å². The number of carbonyl (C=O) groups excluding carboxylic acids is 2. The van der Waals surface area contributed by atoms with E-state index in [-0.39, 0.29) is 18.4 Å². The predicted molar refractivity (Wildman–Crippen MR) is 151 cm³/mol. The highest BCUT2D eigenvalue weighted by atomic mass is 19.2. The minimum absolute atomic E-state index is 0.144. The fourth-order valence-electron chi connectivity index (χ4n) is 5.28. The number of esters is 1. The van der Waals surface area contributed by atoms with Crippen LogP contribution in [0.5, 0.6) is 0 Å². The third kappa shape index (κ3) is 8.73. The molecule has 2 aromatic rings. The number of halogens is 4. The van der Waals surface area contributed by atoms with Crippen molar-refractivity contribution in [2.75, 3.05) is 7.11 Å². The van der Waals surface area contributed by atoms with Gasteiger partial charge >= 0.3 is 24.1 Å². The molecular formula is C31H34F4N2O8. The summed E-state index contributed by atoms with van der Waals surface area (Å²) in [6.45, 7) is 5.23. The second-order valence-corrected chi connectivity index (χ2v) is 11.4. The highest BCUT2D eigenvalue weighted by Crippen LogP contribution is 2.39. The van der Waals surface area contributed by atoms with Gasteiger partial charge in [0.1, 0.15) is 11.6 Å². The number of aliphatic carboxylic acids is 1. The number of carboxylic acids is 1. The fourth-order valence-corrected chi connectivity index (χ4v) is 5.28. The lowest BCUT2D eigenvalue weighted by Crippen LogP contribution is -2.40. The van der Waals surface area contributed by atoms with E-state index in [1.165, 1.54) is 30.2 Å². The molecule has 0 aromatic heterocycles. The molecule has 0 spiro atoms. The fraction of sp³-hybridized carbons (Fsp3) is 0.419. The second-order valence-electron chi connectivity index (χ2n) is 11.4. The predicted octanol–water partition coefficient (Wildman–Crippen LogP) is 6.37. The number of benzene rings is 2. The molecule has 10 nitrogen and oxygen atoms in total.